The molecule has 2 N–H and O–H groups in total. The number of amides is 1. The Balaban J connectivity index is 1.70. The van der Waals surface area contributed by atoms with Crippen molar-refractivity contribution in [3.05, 3.63) is 93.0 Å². The molecule has 1 unspecified atom stereocenters. The zero-order valence-corrected chi connectivity index (χ0v) is 24.6. The Morgan fingerprint density at radius 1 is 1.07 bits per heavy atom. The molecule has 1 atom stereocenters. The molecule has 8 nitrogen and oxygen atoms in total. The van der Waals surface area contributed by atoms with Crippen molar-refractivity contribution in [3.8, 4) is 17.2 Å². The molecule has 0 bridgehead atoms. The van der Waals surface area contributed by atoms with Crippen LogP contribution in [0, 0.1) is 6.92 Å². The molecular formula is C31H33BrN2O6. The number of aliphatic hydroxyl groups is 1. The molecule has 9 heteroatoms. The van der Waals surface area contributed by atoms with Gasteiger partial charge in [-0.05, 0) is 103 Å². The fourth-order valence-electron chi connectivity index (χ4n) is 4.72. The number of aliphatic hydroxyl groups excluding tert-OH is 1. The van der Waals surface area contributed by atoms with E-state index in [1.807, 2.05) is 50.2 Å². The standard InChI is InChI=1S/C31H33BrN2O6/c1-19-8-5-6-9-21(19)18-40-23-12-10-20(11-13-23)28(35)26-27(22-16-24(32)29(36)25(17-22)39-4)34(31(38)30(26)37)15-7-14-33(2)3/h5-6,8-13,16-17,27,35-36H,7,14-15,18H2,1-4H3/b28-26+. The summed E-state index contributed by atoms with van der Waals surface area (Å²) in [5.74, 6) is -1.06. The highest BCUT2D eigenvalue weighted by Gasteiger charge is 2.46. The second-order valence-electron chi connectivity index (χ2n) is 9.94. The lowest BCUT2D eigenvalue weighted by Crippen LogP contribution is -2.32. The highest BCUT2D eigenvalue weighted by Crippen LogP contribution is 2.44. The maximum atomic E-state index is 13.3. The van der Waals surface area contributed by atoms with Crippen LogP contribution in [0.5, 0.6) is 17.2 Å². The normalized spacial score (nSPS) is 16.6. The van der Waals surface area contributed by atoms with E-state index in [1.165, 1.54) is 12.0 Å². The number of hydrogen-bond acceptors (Lipinski definition) is 7. The maximum absolute atomic E-state index is 13.3. The predicted molar refractivity (Wildman–Crippen MR) is 156 cm³/mol. The van der Waals surface area contributed by atoms with E-state index >= 15 is 0 Å². The number of halogens is 1. The summed E-state index contributed by atoms with van der Waals surface area (Å²) in [5.41, 5.74) is 3.07. The number of nitrogens with zero attached hydrogens (tertiary/aromatic N) is 2. The van der Waals surface area contributed by atoms with Crippen molar-refractivity contribution in [1.29, 1.82) is 0 Å². The molecule has 0 aliphatic carbocycles. The van der Waals surface area contributed by atoms with Gasteiger partial charge in [-0.1, -0.05) is 24.3 Å². The van der Waals surface area contributed by atoms with Crippen molar-refractivity contribution in [1.82, 2.24) is 9.80 Å². The minimum absolute atomic E-state index is 0.0249. The van der Waals surface area contributed by atoms with Crippen molar-refractivity contribution in [2.24, 2.45) is 0 Å². The Morgan fingerprint density at radius 2 is 1.77 bits per heavy atom. The lowest BCUT2D eigenvalue weighted by molar-refractivity contribution is -0.139. The van der Waals surface area contributed by atoms with Gasteiger partial charge in [-0.2, -0.15) is 0 Å². The molecular weight excluding hydrogens is 576 g/mol. The topological polar surface area (TPSA) is 99.5 Å². The van der Waals surface area contributed by atoms with Crippen LogP contribution in [0.4, 0.5) is 0 Å². The fraction of sp³-hybridized carbons (Fsp3) is 0.290. The number of phenolic OH excluding ortho intramolecular Hbond substituents is 1. The van der Waals surface area contributed by atoms with Gasteiger partial charge in [0.1, 0.15) is 18.1 Å². The van der Waals surface area contributed by atoms with E-state index in [0.29, 0.717) is 47.5 Å². The van der Waals surface area contributed by atoms with Gasteiger partial charge in [0.15, 0.2) is 11.5 Å². The highest BCUT2D eigenvalue weighted by molar-refractivity contribution is 9.10. The molecule has 40 heavy (non-hydrogen) atoms. The summed E-state index contributed by atoms with van der Waals surface area (Å²) in [7, 11) is 5.28. The first-order chi connectivity index (χ1) is 19.1. The Hall–Kier alpha value is -3.82. The van der Waals surface area contributed by atoms with Crippen LogP contribution in [0.2, 0.25) is 0 Å². The van der Waals surface area contributed by atoms with Gasteiger partial charge in [0.05, 0.1) is 23.2 Å². The van der Waals surface area contributed by atoms with E-state index in [-0.39, 0.29) is 22.8 Å². The first-order valence-corrected chi connectivity index (χ1v) is 13.7. The van der Waals surface area contributed by atoms with E-state index < -0.39 is 17.7 Å². The number of ether oxygens (including phenoxy) is 2. The third-order valence-corrected chi connectivity index (χ3v) is 7.52. The molecule has 4 rings (SSSR count). The molecule has 1 saturated heterocycles. The number of rotatable bonds is 10. The summed E-state index contributed by atoms with van der Waals surface area (Å²) in [5, 5.41) is 21.7. The lowest BCUT2D eigenvalue weighted by atomic mass is 9.95. The first-order valence-electron chi connectivity index (χ1n) is 12.9. The molecule has 1 fully saturated rings. The van der Waals surface area contributed by atoms with E-state index in [9.17, 15) is 19.8 Å². The molecule has 1 amide bonds. The van der Waals surface area contributed by atoms with Crippen LogP contribution in [-0.4, -0.2) is 66.0 Å². The van der Waals surface area contributed by atoms with Crippen molar-refractivity contribution < 1.29 is 29.3 Å². The van der Waals surface area contributed by atoms with Crippen LogP contribution >= 0.6 is 15.9 Å². The monoisotopic (exact) mass is 608 g/mol. The number of Topliss-reactive ketones (excluding diaryl/α,β-unsaturated/α-hetero) is 1. The number of carbonyl (C=O) groups excluding carboxylic acids is 2. The number of phenols is 1. The molecule has 0 radical (unpaired) electrons. The van der Waals surface area contributed by atoms with E-state index in [2.05, 4.69) is 15.9 Å². The van der Waals surface area contributed by atoms with Crippen LogP contribution in [-0.2, 0) is 16.2 Å². The van der Waals surface area contributed by atoms with Gasteiger partial charge in [-0.3, -0.25) is 9.59 Å². The van der Waals surface area contributed by atoms with Crippen molar-refractivity contribution in [2.45, 2.75) is 26.0 Å². The van der Waals surface area contributed by atoms with Crippen LogP contribution in [0.1, 0.15) is 34.7 Å². The van der Waals surface area contributed by atoms with E-state index in [0.717, 1.165) is 11.1 Å². The molecule has 1 heterocycles. The number of likely N-dealkylation sites (tertiary alicyclic amines) is 1. The number of aromatic hydroxyl groups is 1. The molecule has 0 aromatic heterocycles. The molecule has 3 aromatic carbocycles. The Kier molecular flexibility index (Phi) is 9.17. The molecule has 0 spiro atoms. The summed E-state index contributed by atoms with van der Waals surface area (Å²) >= 11 is 3.34. The van der Waals surface area contributed by atoms with Gasteiger partial charge in [0.2, 0.25) is 0 Å². The van der Waals surface area contributed by atoms with Crippen molar-refractivity contribution in [2.75, 3.05) is 34.3 Å². The average molecular weight is 610 g/mol. The molecule has 3 aromatic rings. The summed E-state index contributed by atoms with van der Waals surface area (Å²) in [6.07, 6.45) is 0.625. The number of methoxy groups -OCH3 is 1. The Morgan fingerprint density at radius 3 is 2.42 bits per heavy atom. The van der Waals surface area contributed by atoms with Gasteiger partial charge in [-0.15, -0.1) is 0 Å². The third-order valence-electron chi connectivity index (χ3n) is 6.91. The molecule has 1 aliphatic heterocycles. The third kappa shape index (κ3) is 6.16. The number of ketones is 1. The number of hydrogen-bond donors (Lipinski definition) is 2. The molecule has 210 valence electrons. The summed E-state index contributed by atoms with van der Waals surface area (Å²) in [4.78, 5) is 30.0. The van der Waals surface area contributed by atoms with Gasteiger partial charge in [0.25, 0.3) is 11.7 Å². The van der Waals surface area contributed by atoms with E-state index in [4.69, 9.17) is 9.47 Å². The lowest BCUT2D eigenvalue weighted by Gasteiger charge is -2.26. The Labute approximate surface area is 242 Å². The highest BCUT2D eigenvalue weighted by atomic mass is 79.9. The van der Waals surface area contributed by atoms with Gasteiger partial charge in [-0.25, -0.2) is 0 Å². The second kappa shape index (κ2) is 12.6. The van der Waals surface area contributed by atoms with Crippen LogP contribution in [0.25, 0.3) is 5.76 Å². The van der Waals surface area contributed by atoms with Gasteiger partial charge in [0, 0.05) is 12.1 Å². The smallest absolute Gasteiger partial charge is 0.295 e. The van der Waals surface area contributed by atoms with Crippen LogP contribution in [0.3, 0.4) is 0 Å². The van der Waals surface area contributed by atoms with E-state index in [1.54, 1.807) is 36.4 Å². The Bertz CT molecular complexity index is 1430. The first kappa shape index (κ1) is 29.2. The zero-order valence-electron chi connectivity index (χ0n) is 23.0. The van der Waals surface area contributed by atoms with Crippen molar-refractivity contribution >= 4 is 33.4 Å². The molecule has 0 saturated carbocycles. The summed E-state index contributed by atoms with van der Waals surface area (Å²) in [6.45, 7) is 3.43. The quantitative estimate of drug-likeness (QED) is 0.180. The SMILES string of the molecule is COc1cc(C2/C(=C(\O)c3ccc(OCc4ccccc4C)cc3)C(=O)C(=O)N2CCCN(C)C)cc(Br)c1O. The number of aryl methyl sites for hydroxylation is 1. The minimum Gasteiger partial charge on any atom is -0.507 e. The number of carbonyl (C=O) groups is 2. The van der Waals surface area contributed by atoms with Gasteiger partial charge >= 0.3 is 0 Å². The maximum Gasteiger partial charge on any atom is 0.295 e. The predicted octanol–water partition coefficient (Wildman–Crippen LogP) is 5.42. The van der Waals surface area contributed by atoms with Crippen molar-refractivity contribution in [3.63, 3.8) is 0 Å². The zero-order chi connectivity index (χ0) is 29.0. The second-order valence-corrected chi connectivity index (χ2v) is 10.8. The summed E-state index contributed by atoms with van der Waals surface area (Å²) < 4.78 is 11.6. The minimum atomic E-state index is -0.870. The largest absolute Gasteiger partial charge is 0.507 e. The average Bonchev–Trinajstić information content (AvgIpc) is 3.19. The van der Waals surface area contributed by atoms with Crippen LogP contribution in [0.15, 0.2) is 70.7 Å². The fourth-order valence-corrected chi connectivity index (χ4v) is 5.18. The number of benzene rings is 3. The van der Waals surface area contributed by atoms with Crippen LogP contribution < -0.4 is 9.47 Å². The summed E-state index contributed by atoms with van der Waals surface area (Å²) in [6, 6.07) is 17.0. The van der Waals surface area contributed by atoms with Gasteiger partial charge < -0.3 is 29.5 Å². The molecule has 1 aliphatic rings.